The molecule has 0 bridgehead atoms. The average Bonchev–Trinajstić information content (AvgIpc) is 3.16. The van der Waals surface area contributed by atoms with Crippen molar-refractivity contribution >= 4 is 11.8 Å². The van der Waals surface area contributed by atoms with Gasteiger partial charge in [0.05, 0.1) is 6.04 Å². The highest BCUT2D eigenvalue weighted by atomic mass is 19.1. The van der Waals surface area contributed by atoms with E-state index in [1.807, 2.05) is 0 Å². The number of carbonyl (C=O) groups is 2. The Labute approximate surface area is 172 Å². The lowest BCUT2D eigenvalue weighted by atomic mass is 9.98. The highest BCUT2D eigenvalue weighted by molar-refractivity contribution is 5.98. The second kappa shape index (κ2) is 8.02. The second-order valence-corrected chi connectivity index (χ2v) is 7.17. The minimum atomic E-state index is -1.10. The first-order chi connectivity index (χ1) is 14.5. The van der Waals surface area contributed by atoms with Crippen molar-refractivity contribution in [1.29, 1.82) is 0 Å². The van der Waals surface area contributed by atoms with Crippen LogP contribution < -0.4 is 5.73 Å². The van der Waals surface area contributed by atoms with Gasteiger partial charge in [-0.15, -0.1) is 0 Å². The van der Waals surface area contributed by atoms with Crippen molar-refractivity contribution in [2.45, 2.75) is 24.9 Å². The molecule has 1 aromatic heterocycles. The molecule has 1 heterocycles. The molecule has 0 unspecified atom stereocenters. The van der Waals surface area contributed by atoms with Gasteiger partial charge >= 0.3 is 0 Å². The van der Waals surface area contributed by atoms with E-state index in [2.05, 4.69) is 4.98 Å². The van der Waals surface area contributed by atoms with Gasteiger partial charge in [0.1, 0.15) is 17.7 Å². The Morgan fingerprint density at radius 2 is 1.77 bits per heavy atom. The number of halogens is 2. The van der Waals surface area contributed by atoms with E-state index in [4.69, 9.17) is 5.73 Å². The minimum Gasteiger partial charge on any atom is -0.368 e. The first-order valence-corrected chi connectivity index (χ1v) is 9.52. The monoisotopic (exact) mass is 407 g/mol. The highest BCUT2D eigenvalue weighted by Gasteiger charge is 2.40. The molecule has 152 valence electrons. The Morgan fingerprint density at radius 1 is 1.07 bits per heavy atom. The third-order valence-electron chi connectivity index (χ3n) is 5.38. The Balaban J connectivity index is 1.88. The first kappa shape index (κ1) is 19.7. The van der Waals surface area contributed by atoms with E-state index in [9.17, 15) is 18.4 Å². The minimum absolute atomic E-state index is 0.303. The van der Waals surface area contributed by atoms with Crippen LogP contribution in [0.2, 0.25) is 0 Å². The van der Waals surface area contributed by atoms with Crippen molar-refractivity contribution in [1.82, 2.24) is 9.88 Å². The molecular weight excluding hydrogens is 388 g/mol. The number of benzene rings is 2. The molecule has 0 fully saturated rings. The summed E-state index contributed by atoms with van der Waals surface area (Å²) in [5, 5.41) is 0. The quantitative estimate of drug-likeness (QED) is 0.700. The normalized spacial score (nSPS) is 16.0. The number of fused-ring (bicyclic) bond motifs is 1. The van der Waals surface area contributed by atoms with E-state index in [0.29, 0.717) is 35.1 Å². The molecule has 2 N–H and O–H groups in total. The molecule has 0 radical (unpaired) electrons. The van der Waals surface area contributed by atoms with Gasteiger partial charge in [-0.1, -0.05) is 30.3 Å². The van der Waals surface area contributed by atoms with Crippen LogP contribution in [0.1, 0.15) is 45.6 Å². The maximum absolute atomic E-state index is 14.4. The molecule has 4 rings (SSSR count). The van der Waals surface area contributed by atoms with Crippen LogP contribution in [-0.4, -0.2) is 21.7 Å². The van der Waals surface area contributed by atoms with E-state index in [1.165, 1.54) is 35.5 Å². The van der Waals surface area contributed by atoms with Crippen molar-refractivity contribution in [2.24, 2.45) is 5.73 Å². The van der Waals surface area contributed by atoms with Crippen molar-refractivity contribution in [3.8, 4) is 0 Å². The summed E-state index contributed by atoms with van der Waals surface area (Å²) in [6, 6.07) is 12.0. The molecule has 0 aliphatic heterocycles. The third-order valence-corrected chi connectivity index (χ3v) is 5.38. The molecule has 0 spiro atoms. The SMILES string of the molecule is NC(=O)[C@@H](c1ccccc1)N(C(=O)c1ccncc1)[C@@H]1CCc2c(F)cc(F)cc21. The molecule has 2 aromatic carbocycles. The lowest BCUT2D eigenvalue weighted by molar-refractivity contribution is -0.123. The van der Waals surface area contributed by atoms with Gasteiger partial charge in [-0.05, 0) is 47.7 Å². The summed E-state index contributed by atoms with van der Waals surface area (Å²) in [6.45, 7) is 0. The summed E-state index contributed by atoms with van der Waals surface area (Å²) in [5.74, 6) is -2.58. The van der Waals surface area contributed by atoms with Gasteiger partial charge in [0.15, 0.2) is 0 Å². The fourth-order valence-corrected chi connectivity index (χ4v) is 4.09. The summed E-state index contributed by atoms with van der Waals surface area (Å²) in [5.41, 5.74) is 7.28. The molecule has 1 aliphatic rings. The molecular formula is C23H19F2N3O2. The first-order valence-electron chi connectivity index (χ1n) is 9.52. The summed E-state index contributed by atoms with van der Waals surface area (Å²) in [6.07, 6.45) is 3.61. The number of rotatable bonds is 5. The molecule has 1 aliphatic carbocycles. The summed E-state index contributed by atoms with van der Waals surface area (Å²) >= 11 is 0. The zero-order valence-electron chi connectivity index (χ0n) is 16.0. The van der Waals surface area contributed by atoms with Gasteiger partial charge in [0.2, 0.25) is 5.91 Å². The van der Waals surface area contributed by atoms with Crippen molar-refractivity contribution in [3.05, 3.63) is 101 Å². The van der Waals surface area contributed by atoms with Gasteiger partial charge in [-0.25, -0.2) is 8.78 Å². The molecule has 30 heavy (non-hydrogen) atoms. The Kier molecular flexibility index (Phi) is 5.27. The van der Waals surface area contributed by atoms with Crippen molar-refractivity contribution < 1.29 is 18.4 Å². The highest BCUT2D eigenvalue weighted by Crippen LogP contribution is 2.42. The van der Waals surface area contributed by atoms with Crippen LogP contribution in [-0.2, 0) is 11.2 Å². The van der Waals surface area contributed by atoms with E-state index >= 15 is 0 Å². The van der Waals surface area contributed by atoms with Gasteiger partial charge in [0.25, 0.3) is 5.91 Å². The van der Waals surface area contributed by atoms with Crippen molar-refractivity contribution in [2.75, 3.05) is 0 Å². The van der Waals surface area contributed by atoms with Gasteiger partial charge in [-0.2, -0.15) is 0 Å². The number of hydrogen-bond acceptors (Lipinski definition) is 3. The fourth-order valence-electron chi connectivity index (χ4n) is 4.09. The number of carbonyl (C=O) groups excluding carboxylic acids is 2. The average molecular weight is 407 g/mol. The fraction of sp³-hybridized carbons (Fsp3) is 0.174. The molecule has 0 saturated heterocycles. The zero-order valence-corrected chi connectivity index (χ0v) is 16.0. The van der Waals surface area contributed by atoms with Crippen LogP contribution in [0, 0.1) is 11.6 Å². The lowest BCUT2D eigenvalue weighted by Gasteiger charge is -2.36. The van der Waals surface area contributed by atoms with Crippen LogP contribution >= 0.6 is 0 Å². The summed E-state index contributed by atoms with van der Waals surface area (Å²) < 4.78 is 28.4. The zero-order chi connectivity index (χ0) is 21.3. The second-order valence-electron chi connectivity index (χ2n) is 7.17. The van der Waals surface area contributed by atoms with Crippen LogP contribution in [0.15, 0.2) is 67.0 Å². The van der Waals surface area contributed by atoms with Crippen LogP contribution in [0.3, 0.4) is 0 Å². The number of hydrogen-bond donors (Lipinski definition) is 1. The smallest absolute Gasteiger partial charge is 0.255 e. The third kappa shape index (κ3) is 3.54. The molecule has 0 saturated carbocycles. The molecule has 2 amide bonds. The van der Waals surface area contributed by atoms with Gasteiger partial charge in [-0.3, -0.25) is 14.6 Å². The Hall–Kier alpha value is -3.61. The lowest BCUT2D eigenvalue weighted by Crippen LogP contribution is -2.43. The molecule has 3 aromatic rings. The van der Waals surface area contributed by atoms with Crippen LogP contribution in [0.5, 0.6) is 0 Å². The maximum atomic E-state index is 14.4. The standard InChI is InChI=1S/C23H19F2N3O2/c24-16-12-18-17(19(25)13-16)6-7-20(18)28(23(30)15-8-10-27-11-9-15)21(22(26)29)14-4-2-1-3-5-14/h1-5,8-13,20-21H,6-7H2,(H2,26,29)/t20-,21-/m1/s1. The largest absolute Gasteiger partial charge is 0.368 e. The van der Waals surface area contributed by atoms with Gasteiger partial charge < -0.3 is 10.6 Å². The molecule has 7 heteroatoms. The number of pyridine rings is 1. The Morgan fingerprint density at radius 3 is 2.43 bits per heavy atom. The van der Waals surface area contributed by atoms with Crippen LogP contribution in [0.25, 0.3) is 0 Å². The summed E-state index contributed by atoms with van der Waals surface area (Å²) in [7, 11) is 0. The van der Waals surface area contributed by atoms with Crippen molar-refractivity contribution in [3.63, 3.8) is 0 Å². The van der Waals surface area contributed by atoms with E-state index in [-0.39, 0.29) is 0 Å². The number of nitrogens with zero attached hydrogens (tertiary/aromatic N) is 2. The number of primary amides is 1. The predicted molar refractivity (Wildman–Crippen MR) is 106 cm³/mol. The number of nitrogens with two attached hydrogens (primary N) is 1. The van der Waals surface area contributed by atoms with Gasteiger partial charge in [0, 0.05) is 24.0 Å². The van der Waals surface area contributed by atoms with E-state index in [0.717, 1.165) is 6.07 Å². The van der Waals surface area contributed by atoms with E-state index < -0.39 is 35.5 Å². The van der Waals surface area contributed by atoms with E-state index in [1.54, 1.807) is 30.3 Å². The number of amides is 2. The Bertz CT molecular complexity index is 1090. The number of aromatic nitrogens is 1. The summed E-state index contributed by atoms with van der Waals surface area (Å²) in [4.78, 5) is 31.3. The molecule has 2 atom stereocenters. The maximum Gasteiger partial charge on any atom is 0.255 e. The molecule has 5 nitrogen and oxygen atoms in total. The van der Waals surface area contributed by atoms with Crippen LogP contribution in [0.4, 0.5) is 8.78 Å². The predicted octanol–water partition coefficient (Wildman–Crippen LogP) is 3.72. The topological polar surface area (TPSA) is 76.3 Å².